The average molecular weight is 397 g/mol. The van der Waals surface area contributed by atoms with Crippen LogP contribution in [-0.4, -0.2) is 0 Å². The summed E-state index contributed by atoms with van der Waals surface area (Å²) in [7, 11) is 0. The summed E-state index contributed by atoms with van der Waals surface area (Å²) in [5.41, 5.74) is 13.2. The van der Waals surface area contributed by atoms with Crippen LogP contribution in [0.15, 0.2) is 35.4 Å². The third kappa shape index (κ3) is 3.18. The number of hydrogen-bond acceptors (Lipinski definition) is 0. The van der Waals surface area contributed by atoms with Crippen LogP contribution in [0.2, 0.25) is 0 Å². The molecule has 0 bridgehead atoms. The van der Waals surface area contributed by atoms with Crippen molar-refractivity contribution < 1.29 is 0 Å². The lowest BCUT2D eigenvalue weighted by Crippen LogP contribution is -1.97. The lowest BCUT2D eigenvalue weighted by atomic mass is 9.97. The smallest absolute Gasteiger partial charge is 0.0807 e. The van der Waals surface area contributed by atoms with Crippen LogP contribution in [0.4, 0.5) is 0 Å². The van der Waals surface area contributed by atoms with Gasteiger partial charge in [-0.3, -0.25) is 0 Å². The zero-order valence-corrected chi connectivity index (χ0v) is 18.0. The number of rotatable bonds is 4. The number of halogens is 2. The Bertz CT molecular complexity index is 899. The Hall–Kier alpha value is -1.50. The van der Waals surface area contributed by atoms with Crippen LogP contribution < -0.4 is 0 Å². The van der Waals surface area contributed by atoms with Crippen molar-refractivity contribution in [2.45, 2.75) is 57.7 Å². The molecule has 0 spiro atoms. The van der Waals surface area contributed by atoms with Crippen LogP contribution in [0.3, 0.4) is 0 Å². The van der Waals surface area contributed by atoms with Crippen molar-refractivity contribution in [1.82, 2.24) is 0 Å². The van der Waals surface area contributed by atoms with E-state index in [1.165, 1.54) is 55.7 Å². The summed E-state index contributed by atoms with van der Waals surface area (Å²) < 4.78 is 0. The van der Waals surface area contributed by atoms with E-state index in [1.807, 2.05) is 0 Å². The van der Waals surface area contributed by atoms with Crippen molar-refractivity contribution in [3.8, 4) is 0 Å². The molecular formula is C25H26Cl2. The summed E-state index contributed by atoms with van der Waals surface area (Å²) in [4.78, 5) is 0. The van der Waals surface area contributed by atoms with Gasteiger partial charge in [-0.15, -0.1) is 23.2 Å². The fraction of sp³-hybridized carbons (Fsp3) is 0.360. The lowest BCUT2D eigenvalue weighted by Gasteiger charge is -2.14. The molecule has 2 aromatic carbocycles. The molecule has 0 radical (unpaired) electrons. The molecule has 0 fully saturated rings. The molecule has 2 aliphatic rings. The first-order valence-corrected chi connectivity index (χ1v) is 10.6. The number of fused-ring (bicyclic) bond motifs is 2. The Kier molecular flexibility index (Phi) is 4.99. The number of allylic oxidation sites excluding steroid dienone is 2. The number of alkyl halides is 2. The van der Waals surface area contributed by atoms with Crippen LogP contribution in [0.5, 0.6) is 0 Å². The van der Waals surface area contributed by atoms with Gasteiger partial charge in [0.2, 0.25) is 0 Å². The van der Waals surface area contributed by atoms with Gasteiger partial charge in [-0.1, -0.05) is 36.4 Å². The van der Waals surface area contributed by atoms with Gasteiger partial charge in [0, 0.05) is 0 Å². The van der Waals surface area contributed by atoms with E-state index in [2.05, 4.69) is 64.1 Å². The van der Waals surface area contributed by atoms with E-state index in [0.717, 1.165) is 19.3 Å². The van der Waals surface area contributed by atoms with E-state index in [-0.39, 0.29) is 10.8 Å². The van der Waals surface area contributed by atoms with Gasteiger partial charge >= 0.3 is 0 Å². The lowest BCUT2D eigenvalue weighted by molar-refractivity contribution is 0.776. The van der Waals surface area contributed by atoms with Crippen molar-refractivity contribution in [3.63, 3.8) is 0 Å². The number of hydrogen-bond donors (Lipinski definition) is 0. The summed E-state index contributed by atoms with van der Waals surface area (Å²) >= 11 is 13.6. The number of aryl methyl sites for hydroxylation is 4. The predicted molar refractivity (Wildman–Crippen MR) is 119 cm³/mol. The van der Waals surface area contributed by atoms with Crippen LogP contribution in [0.25, 0.3) is 12.2 Å². The minimum Gasteiger partial charge on any atom is -0.113 e. The van der Waals surface area contributed by atoms with E-state index in [1.54, 1.807) is 0 Å². The first-order valence-electron chi connectivity index (χ1n) is 9.77. The zero-order valence-electron chi connectivity index (χ0n) is 16.5. The minimum atomic E-state index is 0.0194. The molecule has 0 saturated carbocycles. The maximum absolute atomic E-state index is 6.82. The second kappa shape index (κ2) is 7.15. The Morgan fingerprint density at radius 2 is 1.00 bits per heavy atom. The molecule has 2 aromatic rings. The molecule has 2 aliphatic carbocycles. The second-order valence-corrected chi connectivity index (χ2v) is 8.94. The molecule has 0 heterocycles. The van der Waals surface area contributed by atoms with Gasteiger partial charge in [-0.2, -0.15) is 0 Å². The maximum Gasteiger partial charge on any atom is 0.0807 e. The molecule has 0 N–H and O–H groups in total. The molecular weight excluding hydrogens is 371 g/mol. The molecule has 0 aromatic heterocycles. The molecule has 2 heteroatoms. The van der Waals surface area contributed by atoms with E-state index >= 15 is 0 Å². The standard InChI is InChI=1S/C25H26Cl2/c1-14-8-10-16(3)22-20(14)12-18(24(22)26)6-5-7-19-13-21-15(2)9-11-17(4)23(21)25(19)27/h8-13,24-25H,5-7H2,1-4H3. The Morgan fingerprint density at radius 3 is 1.37 bits per heavy atom. The van der Waals surface area contributed by atoms with Crippen LogP contribution in [0.1, 0.15) is 74.5 Å². The van der Waals surface area contributed by atoms with Crippen molar-refractivity contribution in [1.29, 1.82) is 0 Å². The first-order chi connectivity index (χ1) is 12.9. The summed E-state index contributed by atoms with van der Waals surface area (Å²) in [5, 5.41) is 0.0388. The highest BCUT2D eigenvalue weighted by Gasteiger charge is 2.28. The van der Waals surface area contributed by atoms with Gasteiger partial charge in [-0.25, -0.2) is 0 Å². The van der Waals surface area contributed by atoms with E-state index in [9.17, 15) is 0 Å². The SMILES string of the molecule is Cc1ccc(C)c2c1C=C(CCCC1=Cc3c(C)ccc(C)c3C1Cl)C2Cl. The topological polar surface area (TPSA) is 0 Å². The van der Waals surface area contributed by atoms with Crippen molar-refractivity contribution in [3.05, 3.63) is 79.9 Å². The van der Waals surface area contributed by atoms with Crippen LogP contribution in [0, 0.1) is 27.7 Å². The third-order valence-electron chi connectivity index (χ3n) is 6.19. The highest BCUT2D eigenvalue weighted by atomic mass is 35.5. The summed E-state index contributed by atoms with van der Waals surface area (Å²) in [6.45, 7) is 8.66. The van der Waals surface area contributed by atoms with Gasteiger partial charge < -0.3 is 0 Å². The highest BCUT2D eigenvalue weighted by molar-refractivity contribution is 6.24. The normalized spacial score (nSPS) is 20.4. The summed E-state index contributed by atoms with van der Waals surface area (Å²) in [5.74, 6) is 0. The molecule has 2 unspecified atom stereocenters. The van der Waals surface area contributed by atoms with Crippen molar-refractivity contribution in [2.75, 3.05) is 0 Å². The van der Waals surface area contributed by atoms with Gasteiger partial charge in [0.15, 0.2) is 0 Å². The average Bonchev–Trinajstić information content (AvgIpc) is 3.15. The van der Waals surface area contributed by atoms with Gasteiger partial charge in [-0.05, 0) is 103 Å². The molecule has 27 heavy (non-hydrogen) atoms. The quantitative estimate of drug-likeness (QED) is 0.457. The second-order valence-electron chi connectivity index (χ2n) is 8.07. The fourth-order valence-electron chi connectivity index (χ4n) is 4.55. The van der Waals surface area contributed by atoms with E-state index in [0.29, 0.717) is 0 Å². The van der Waals surface area contributed by atoms with Crippen molar-refractivity contribution >= 4 is 35.4 Å². The first kappa shape index (κ1) is 18.8. The zero-order chi connectivity index (χ0) is 19.3. The molecule has 140 valence electrons. The van der Waals surface area contributed by atoms with Crippen LogP contribution in [-0.2, 0) is 0 Å². The molecule has 0 saturated heterocycles. The molecule has 4 rings (SSSR count). The van der Waals surface area contributed by atoms with E-state index < -0.39 is 0 Å². The largest absolute Gasteiger partial charge is 0.113 e. The third-order valence-corrected chi connectivity index (χ3v) is 7.19. The summed E-state index contributed by atoms with van der Waals surface area (Å²) in [6.07, 6.45) is 7.77. The molecule has 0 nitrogen and oxygen atoms in total. The van der Waals surface area contributed by atoms with Gasteiger partial charge in [0.1, 0.15) is 0 Å². The predicted octanol–water partition coefficient (Wildman–Crippen LogP) is 8.14. The Labute approximate surface area is 172 Å². The monoisotopic (exact) mass is 396 g/mol. The Morgan fingerprint density at radius 1 is 0.630 bits per heavy atom. The summed E-state index contributed by atoms with van der Waals surface area (Å²) in [6, 6.07) is 8.76. The van der Waals surface area contributed by atoms with Gasteiger partial charge in [0.25, 0.3) is 0 Å². The Balaban J connectivity index is 1.46. The van der Waals surface area contributed by atoms with Crippen molar-refractivity contribution in [2.24, 2.45) is 0 Å². The molecule has 2 atom stereocenters. The highest BCUT2D eigenvalue weighted by Crippen LogP contribution is 2.47. The fourth-order valence-corrected chi connectivity index (χ4v) is 5.47. The maximum atomic E-state index is 6.82. The number of benzene rings is 2. The molecule has 0 aliphatic heterocycles. The minimum absolute atomic E-state index is 0.0194. The molecule has 0 amide bonds. The van der Waals surface area contributed by atoms with Crippen LogP contribution >= 0.6 is 23.2 Å². The van der Waals surface area contributed by atoms with Gasteiger partial charge in [0.05, 0.1) is 10.8 Å². The van der Waals surface area contributed by atoms with E-state index in [4.69, 9.17) is 23.2 Å².